The molecule has 0 bridgehead atoms. The molecule has 0 unspecified atom stereocenters. The van der Waals surface area contributed by atoms with Crippen LogP contribution < -0.4 is 10.2 Å². The van der Waals surface area contributed by atoms with Crippen LogP contribution in [0.5, 0.6) is 0 Å². The van der Waals surface area contributed by atoms with Crippen LogP contribution in [0.3, 0.4) is 0 Å². The molecule has 4 nitrogen and oxygen atoms in total. The van der Waals surface area contributed by atoms with E-state index in [9.17, 15) is 9.90 Å². The third-order valence-corrected chi connectivity index (χ3v) is 3.26. The van der Waals surface area contributed by atoms with Crippen molar-refractivity contribution >= 4 is 27.5 Å². The number of rotatable bonds is 5. The van der Waals surface area contributed by atoms with Gasteiger partial charge in [0.05, 0.1) is 18.3 Å². The summed E-state index contributed by atoms with van der Waals surface area (Å²) in [5.41, 5.74) is 1.77. The van der Waals surface area contributed by atoms with Crippen LogP contribution in [0.4, 0.5) is 5.69 Å². The molecule has 0 aliphatic heterocycles. The quantitative estimate of drug-likeness (QED) is 0.875. The van der Waals surface area contributed by atoms with Crippen molar-refractivity contribution in [1.82, 2.24) is 5.32 Å². The second-order valence-electron chi connectivity index (χ2n) is 4.20. The largest absolute Gasteiger partial charge is 0.389 e. The normalized spacial score (nSPS) is 12.1. The summed E-state index contributed by atoms with van der Waals surface area (Å²) in [5.74, 6) is -0.00787. The Morgan fingerprint density at radius 1 is 1.56 bits per heavy atom. The van der Waals surface area contributed by atoms with Gasteiger partial charge < -0.3 is 15.3 Å². The molecule has 0 saturated carbocycles. The van der Waals surface area contributed by atoms with E-state index < -0.39 is 6.10 Å². The molecular weight excluding hydrogens is 296 g/mol. The molecule has 0 fully saturated rings. The van der Waals surface area contributed by atoms with Crippen molar-refractivity contribution in [2.45, 2.75) is 20.0 Å². The Hall–Kier alpha value is -1.07. The fourth-order valence-electron chi connectivity index (χ4n) is 1.65. The number of hydrogen-bond donors (Lipinski definition) is 2. The number of anilines is 1. The summed E-state index contributed by atoms with van der Waals surface area (Å²) in [7, 11) is 1.86. The molecule has 1 amide bonds. The highest BCUT2D eigenvalue weighted by molar-refractivity contribution is 9.10. The van der Waals surface area contributed by atoms with Crippen LogP contribution >= 0.6 is 15.9 Å². The SMILES string of the molecule is CCNC(=O)CN(C)c1ccc([C@@H](C)O)cc1Br. The summed E-state index contributed by atoms with van der Waals surface area (Å²) in [6.45, 7) is 4.56. The van der Waals surface area contributed by atoms with E-state index in [4.69, 9.17) is 0 Å². The van der Waals surface area contributed by atoms with Crippen LogP contribution in [-0.4, -0.2) is 31.2 Å². The molecule has 0 aliphatic rings. The highest BCUT2D eigenvalue weighted by Gasteiger charge is 2.11. The number of nitrogens with zero attached hydrogens (tertiary/aromatic N) is 1. The predicted octanol–water partition coefficient (Wildman–Crippen LogP) is 2.07. The van der Waals surface area contributed by atoms with Crippen LogP contribution in [0.25, 0.3) is 0 Å². The van der Waals surface area contributed by atoms with Gasteiger partial charge in [-0.1, -0.05) is 6.07 Å². The van der Waals surface area contributed by atoms with Gasteiger partial charge in [-0.2, -0.15) is 0 Å². The minimum Gasteiger partial charge on any atom is -0.389 e. The van der Waals surface area contributed by atoms with E-state index in [1.807, 2.05) is 37.1 Å². The fraction of sp³-hybridized carbons (Fsp3) is 0.462. The molecule has 1 rings (SSSR count). The Kier molecular flexibility index (Phi) is 5.62. The first-order valence-electron chi connectivity index (χ1n) is 5.91. The van der Waals surface area contributed by atoms with E-state index in [1.54, 1.807) is 6.92 Å². The Balaban J connectivity index is 2.80. The number of benzene rings is 1. The Morgan fingerprint density at radius 2 is 2.22 bits per heavy atom. The second kappa shape index (κ2) is 6.75. The molecule has 2 N–H and O–H groups in total. The molecule has 0 saturated heterocycles. The topological polar surface area (TPSA) is 52.6 Å². The van der Waals surface area contributed by atoms with Gasteiger partial charge in [-0.25, -0.2) is 0 Å². The number of carbonyl (C=O) groups is 1. The van der Waals surface area contributed by atoms with Gasteiger partial charge in [-0.15, -0.1) is 0 Å². The van der Waals surface area contributed by atoms with Crippen LogP contribution in [0.2, 0.25) is 0 Å². The lowest BCUT2D eigenvalue weighted by Gasteiger charge is -2.21. The first kappa shape index (κ1) is 15.0. The van der Waals surface area contributed by atoms with Crippen molar-refractivity contribution in [2.75, 3.05) is 25.0 Å². The maximum atomic E-state index is 11.5. The van der Waals surface area contributed by atoms with Gasteiger partial charge in [0.1, 0.15) is 0 Å². The minimum absolute atomic E-state index is 0.00787. The number of halogens is 1. The van der Waals surface area contributed by atoms with E-state index in [0.717, 1.165) is 15.7 Å². The zero-order valence-electron chi connectivity index (χ0n) is 10.9. The van der Waals surface area contributed by atoms with Gasteiger partial charge in [0, 0.05) is 18.1 Å². The Morgan fingerprint density at radius 3 is 2.72 bits per heavy atom. The monoisotopic (exact) mass is 314 g/mol. The van der Waals surface area contributed by atoms with E-state index >= 15 is 0 Å². The maximum absolute atomic E-state index is 11.5. The van der Waals surface area contributed by atoms with E-state index in [0.29, 0.717) is 13.1 Å². The van der Waals surface area contributed by atoms with Crippen molar-refractivity contribution in [3.63, 3.8) is 0 Å². The molecule has 0 spiro atoms. The summed E-state index contributed by atoms with van der Waals surface area (Å²) < 4.78 is 0.868. The van der Waals surface area contributed by atoms with Crippen LogP contribution in [0, 0.1) is 0 Å². The minimum atomic E-state index is -0.496. The van der Waals surface area contributed by atoms with Crippen LogP contribution in [0.15, 0.2) is 22.7 Å². The number of aliphatic hydroxyl groups excluding tert-OH is 1. The Bertz CT molecular complexity index is 421. The van der Waals surface area contributed by atoms with Crippen LogP contribution in [0.1, 0.15) is 25.5 Å². The molecule has 0 heterocycles. The highest BCUT2D eigenvalue weighted by Crippen LogP contribution is 2.28. The number of nitrogens with one attached hydrogen (secondary N) is 1. The van der Waals surface area contributed by atoms with Gasteiger partial charge in [-0.3, -0.25) is 4.79 Å². The number of carbonyl (C=O) groups excluding carboxylic acids is 1. The fourth-order valence-corrected chi connectivity index (χ4v) is 2.35. The van der Waals surface area contributed by atoms with Gasteiger partial charge in [0.15, 0.2) is 0 Å². The summed E-state index contributed by atoms with van der Waals surface area (Å²) in [6, 6.07) is 5.62. The van der Waals surface area contributed by atoms with Gasteiger partial charge in [0.2, 0.25) is 5.91 Å². The molecule has 5 heteroatoms. The second-order valence-corrected chi connectivity index (χ2v) is 5.05. The number of hydrogen-bond acceptors (Lipinski definition) is 3. The standard InChI is InChI=1S/C13H19BrN2O2/c1-4-15-13(18)8-16(3)12-6-5-10(9(2)17)7-11(12)14/h5-7,9,17H,4,8H2,1-3H3,(H,15,18)/t9-/m1/s1. The smallest absolute Gasteiger partial charge is 0.239 e. The zero-order chi connectivity index (χ0) is 13.7. The molecule has 18 heavy (non-hydrogen) atoms. The van der Waals surface area contributed by atoms with E-state index in [2.05, 4.69) is 21.2 Å². The lowest BCUT2D eigenvalue weighted by Crippen LogP contribution is -2.35. The first-order valence-corrected chi connectivity index (χ1v) is 6.70. The Labute approximate surface area is 116 Å². The van der Waals surface area contributed by atoms with Gasteiger partial charge in [-0.05, 0) is 47.5 Å². The molecule has 1 aromatic rings. The van der Waals surface area contributed by atoms with Gasteiger partial charge >= 0.3 is 0 Å². The predicted molar refractivity (Wildman–Crippen MR) is 76.7 cm³/mol. The van der Waals surface area contributed by atoms with Crippen molar-refractivity contribution < 1.29 is 9.90 Å². The van der Waals surface area contributed by atoms with Crippen molar-refractivity contribution in [3.05, 3.63) is 28.2 Å². The average molecular weight is 315 g/mol. The molecule has 0 radical (unpaired) electrons. The highest BCUT2D eigenvalue weighted by atomic mass is 79.9. The zero-order valence-corrected chi connectivity index (χ0v) is 12.5. The van der Waals surface area contributed by atoms with Crippen molar-refractivity contribution in [3.8, 4) is 0 Å². The molecule has 1 aromatic carbocycles. The van der Waals surface area contributed by atoms with E-state index in [-0.39, 0.29) is 5.91 Å². The lowest BCUT2D eigenvalue weighted by atomic mass is 10.1. The van der Waals surface area contributed by atoms with E-state index in [1.165, 1.54) is 0 Å². The number of aliphatic hydroxyl groups is 1. The number of likely N-dealkylation sites (N-methyl/N-ethyl adjacent to an activating group) is 2. The summed E-state index contributed by atoms with van der Waals surface area (Å²) >= 11 is 3.46. The van der Waals surface area contributed by atoms with Crippen LogP contribution in [-0.2, 0) is 4.79 Å². The summed E-state index contributed by atoms with van der Waals surface area (Å²) in [4.78, 5) is 13.4. The van der Waals surface area contributed by atoms with Crippen molar-refractivity contribution in [1.29, 1.82) is 0 Å². The molecule has 0 aromatic heterocycles. The van der Waals surface area contributed by atoms with Crippen molar-refractivity contribution in [2.24, 2.45) is 0 Å². The average Bonchev–Trinajstić information content (AvgIpc) is 2.28. The maximum Gasteiger partial charge on any atom is 0.239 e. The third kappa shape index (κ3) is 3.99. The molecule has 0 aliphatic carbocycles. The summed E-state index contributed by atoms with van der Waals surface area (Å²) in [5, 5.41) is 12.3. The third-order valence-electron chi connectivity index (χ3n) is 2.62. The van der Waals surface area contributed by atoms with Gasteiger partial charge in [0.25, 0.3) is 0 Å². The molecule has 100 valence electrons. The summed E-state index contributed by atoms with van der Waals surface area (Å²) in [6.07, 6.45) is -0.496. The molecular formula is C13H19BrN2O2. The lowest BCUT2D eigenvalue weighted by molar-refractivity contribution is -0.119. The molecule has 1 atom stereocenters. The first-order chi connectivity index (χ1) is 8.45. The number of amides is 1.